The number of nitrogens with one attached hydrogen (secondary N) is 1. The number of carbonyl (C=O) groups excluding carboxylic acids is 1. The van der Waals surface area contributed by atoms with E-state index in [0.717, 1.165) is 12.8 Å². The molecule has 2 rings (SSSR count). The van der Waals surface area contributed by atoms with Gasteiger partial charge >= 0.3 is 0 Å². The van der Waals surface area contributed by atoms with Gasteiger partial charge in [-0.05, 0) is 74.3 Å². The Balaban J connectivity index is 2.31. The van der Waals surface area contributed by atoms with Gasteiger partial charge in [-0.15, -0.1) is 0 Å². The van der Waals surface area contributed by atoms with Crippen molar-refractivity contribution in [2.75, 3.05) is 6.73 Å². The molecular weight excluding hydrogens is 341 g/mol. The number of amides is 1. The molecule has 0 unspecified atom stereocenters. The van der Waals surface area contributed by atoms with E-state index in [1.54, 1.807) is 32.0 Å². The van der Waals surface area contributed by atoms with Gasteiger partial charge in [0.25, 0.3) is 5.91 Å². The lowest BCUT2D eigenvalue weighted by atomic mass is 9.72. The molecule has 1 aromatic rings. The molecule has 0 atom stereocenters. The van der Waals surface area contributed by atoms with Gasteiger partial charge in [-0.2, -0.15) is 0 Å². The lowest BCUT2D eigenvalue weighted by molar-refractivity contribution is 0.0910. The van der Waals surface area contributed by atoms with Crippen molar-refractivity contribution in [1.29, 1.82) is 0 Å². The Labute approximate surface area is 161 Å². The first-order valence-electron chi connectivity index (χ1n) is 9.42. The molecule has 2 N–H and O–H groups in total. The molecule has 0 heterocycles. The lowest BCUT2D eigenvalue weighted by Crippen LogP contribution is -2.24. The molecule has 0 spiro atoms. The van der Waals surface area contributed by atoms with Gasteiger partial charge in [-0.25, -0.2) is 4.39 Å². The van der Waals surface area contributed by atoms with Gasteiger partial charge in [0.15, 0.2) is 0 Å². The zero-order valence-corrected chi connectivity index (χ0v) is 16.9. The highest BCUT2D eigenvalue weighted by Gasteiger charge is 2.26. The number of allylic oxidation sites excluding steroid dienone is 5. The van der Waals surface area contributed by atoms with Crippen LogP contribution in [-0.2, 0) is 0 Å². The zero-order chi connectivity index (χ0) is 20.2. The van der Waals surface area contributed by atoms with Gasteiger partial charge in [0.2, 0.25) is 0 Å². The molecule has 0 fully saturated rings. The van der Waals surface area contributed by atoms with Gasteiger partial charge in [0.05, 0.1) is 0 Å². The van der Waals surface area contributed by atoms with Crippen LogP contribution in [0, 0.1) is 12.3 Å². The van der Waals surface area contributed by atoms with Crippen LogP contribution < -0.4 is 5.32 Å². The average Bonchev–Trinajstić information content (AvgIpc) is 2.60. The highest BCUT2D eigenvalue weighted by molar-refractivity contribution is 5.94. The molecule has 0 radical (unpaired) electrons. The van der Waals surface area contributed by atoms with E-state index in [4.69, 9.17) is 5.11 Å². The summed E-state index contributed by atoms with van der Waals surface area (Å²) in [7, 11) is 0. The molecule has 3 nitrogen and oxygen atoms in total. The second kappa shape index (κ2) is 8.66. The summed E-state index contributed by atoms with van der Waals surface area (Å²) in [5, 5.41) is 11.1. The Morgan fingerprint density at radius 1 is 1.33 bits per heavy atom. The van der Waals surface area contributed by atoms with Crippen LogP contribution in [0.25, 0.3) is 5.83 Å². The molecule has 1 aliphatic carbocycles. The van der Waals surface area contributed by atoms with E-state index in [0.29, 0.717) is 22.3 Å². The topological polar surface area (TPSA) is 49.3 Å². The first kappa shape index (κ1) is 21.1. The molecule has 0 bridgehead atoms. The number of carbonyl (C=O) groups is 1. The average molecular weight is 371 g/mol. The fourth-order valence-corrected chi connectivity index (χ4v) is 3.73. The highest BCUT2D eigenvalue weighted by atomic mass is 19.1. The van der Waals surface area contributed by atoms with E-state index in [2.05, 4.69) is 32.2 Å². The van der Waals surface area contributed by atoms with Crippen molar-refractivity contribution >= 4 is 11.7 Å². The van der Waals surface area contributed by atoms with E-state index < -0.39 is 6.73 Å². The van der Waals surface area contributed by atoms with E-state index in [-0.39, 0.29) is 17.1 Å². The Morgan fingerprint density at radius 2 is 2.04 bits per heavy atom. The van der Waals surface area contributed by atoms with E-state index in [1.165, 1.54) is 17.6 Å². The summed E-state index contributed by atoms with van der Waals surface area (Å²) in [6.45, 7) is 9.76. The standard InChI is InChI=1S/C23H30FNO2/c1-15-7-6-12-23(4,5)20(15)11-8-16(2)21(24)19-10-9-18(13-17(19)3)22(27)25-14-26/h8-11,13,26H,6-7,12,14H2,1-5H3,(H,25,27)/b11-8+,21-16-. The number of halogens is 1. The maximum atomic E-state index is 15.0. The van der Waals surface area contributed by atoms with Gasteiger partial charge in [-0.3, -0.25) is 4.79 Å². The van der Waals surface area contributed by atoms with Crippen molar-refractivity contribution in [1.82, 2.24) is 5.32 Å². The minimum Gasteiger partial charge on any atom is -0.376 e. The van der Waals surface area contributed by atoms with Gasteiger partial charge in [0.1, 0.15) is 12.6 Å². The van der Waals surface area contributed by atoms with Crippen LogP contribution in [0.5, 0.6) is 0 Å². The molecule has 4 heteroatoms. The molecule has 0 saturated heterocycles. The Bertz CT molecular complexity index is 816. The van der Waals surface area contributed by atoms with E-state index >= 15 is 0 Å². The summed E-state index contributed by atoms with van der Waals surface area (Å²) in [4.78, 5) is 11.8. The van der Waals surface area contributed by atoms with Crippen molar-refractivity contribution in [3.05, 3.63) is 63.8 Å². The molecule has 0 aromatic heterocycles. The Kier molecular flexibility index (Phi) is 6.77. The highest BCUT2D eigenvalue weighted by Crippen LogP contribution is 2.41. The third kappa shape index (κ3) is 4.95. The van der Waals surface area contributed by atoms with Gasteiger partial charge in [0, 0.05) is 11.1 Å². The third-order valence-corrected chi connectivity index (χ3v) is 5.35. The summed E-state index contributed by atoms with van der Waals surface area (Å²) >= 11 is 0. The van der Waals surface area contributed by atoms with Crippen molar-refractivity contribution in [3.63, 3.8) is 0 Å². The summed E-state index contributed by atoms with van der Waals surface area (Å²) in [6.07, 6.45) is 7.36. The van der Waals surface area contributed by atoms with Crippen LogP contribution in [0.1, 0.15) is 68.4 Å². The Morgan fingerprint density at radius 3 is 2.63 bits per heavy atom. The normalized spacial score (nSPS) is 17.9. The quantitative estimate of drug-likeness (QED) is 0.533. The monoisotopic (exact) mass is 371 g/mol. The largest absolute Gasteiger partial charge is 0.376 e. The fraction of sp³-hybridized carbons (Fsp3) is 0.435. The molecule has 0 aliphatic heterocycles. The molecule has 1 amide bonds. The van der Waals surface area contributed by atoms with Crippen LogP contribution in [0.2, 0.25) is 0 Å². The fourth-order valence-electron chi connectivity index (χ4n) is 3.73. The maximum absolute atomic E-state index is 15.0. The van der Waals surface area contributed by atoms with Crippen LogP contribution in [0.3, 0.4) is 0 Å². The molecular formula is C23H30FNO2. The van der Waals surface area contributed by atoms with Crippen molar-refractivity contribution in [3.8, 4) is 0 Å². The van der Waals surface area contributed by atoms with Gasteiger partial charge in [-0.1, -0.05) is 37.6 Å². The van der Waals surface area contributed by atoms with Gasteiger partial charge < -0.3 is 10.4 Å². The Hall–Kier alpha value is -2.20. The zero-order valence-electron chi connectivity index (χ0n) is 16.9. The van der Waals surface area contributed by atoms with Crippen LogP contribution in [0.15, 0.2) is 47.1 Å². The molecule has 1 aromatic carbocycles. The van der Waals surface area contributed by atoms with Crippen molar-refractivity contribution in [2.24, 2.45) is 5.41 Å². The molecule has 1 aliphatic rings. The van der Waals surface area contributed by atoms with Crippen LogP contribution in [-0.4, -0.2) is 17.7 Å². The summed E-state index contributed by atoms with van der Waals surface area (Å²) in [5.41, 5.74) is 4.92. The smallest absolute Gasteiger partial charge is 0.253 e. The van der Waals surface area contributed by atoms with Crippen molar-refractivity contribution in [2.45, 2.75) is 53.9 Å². The number of aliphatic hydroxyl groups excluding tert-OH is 1. The number of aryl methyl sites for hydroxylation is 1. The second-order valence-electron chi connectivity index (χ2n) is 7.96. The number of rotatable bonds is 5. The number of hydrogen-bond donors (Lipinski definition) is 2. The third-order valence-electron chi connectivity index (χ3n) is 5.35. The van der Waals surface area contributed by atoms with E-state index in [9.17, 15) is 9.18 Å². The summed E-state index contributed by atoms with van der Waals surface area (Å²) in [5.74, 6) is -0.667. The molecule has 27 heavy (non-hydrogen) atoms. The molecule has 0 saturated carbocycles. The predicted octanol–water partition coefficient (Wildman–Crippen LogP) is 5.46. The first-order chi connectivity index (χ1) is 12.7. The van der Waals surface area contributed by atoms with E-state index in [1.807, 2.05) is 6.08 Å². The minimum atomic E-state index is -0.427. The number of hydrogen-bond acceptors (Lipinski definition) is 2. The van der Waals surface area contributed by atoms with Crippen LogP contribution >= 0.6 is 0 Å². The van der Waals surface area contributed by atoms with Crippen molar-refractivity contribution < 1.29 is 14.3 Å². The number of benzene rings is 1. The molecule has 146 valence electrons. The SMILES string of the molecule is CC1=C(/C=C/C(C)=C(\F)c2ccc(C(=O)NCO)cc2C)C(C)(C)CCC1. The minimum absolute atomic E-state index is 0.118. The summed E-state index contributed by atoms with van der Waals surface area (Å²) in [6, 6.07) is 4.82. The summed E-state index contributed by atoms with van der Waals surface area (Å²) < 4.78 is 15.0. The predicted molar refractivity (Wildman–Crippen MR) is 109 cm³/mol. The van der Waals surface area contributed by atoms with Crippen LogP contribution in [0.4, 0.5) is 4.39 Å². The second-order valence-corrected chi connectivity index (χ2v) is 7.96. The first-order valence-corrected chi connectivity index (χ1v) is 9.42. The number of aliphatic hydroxyl groups is 1. The lowest BCUT2D eigenvalue weighted by Gasteiger charge is -2.33. The maximum Gasteiger partial charge on any atom is 0.253 e.